The van der Waals surface area contributed by atoms with Crippen molar-refractivity contribution in [3.63, 3.8) is 0 Å². The second-order valence-corrected chi connectivity index (χ2v) is 6.22. The summed E-state index contributed by atoms with van der Waals surface area (Å²) >= 11 is 0. The van der Waals surface area contributed by atoms with Crippen molar-refractivity contribution in [1.82, 2.24) is 0 Å². The van der Waals surface area contributed by atoms with Gasteiger partial charge >= 0.3 is 0 Å². The van der Waals surface area contributed by atoms with Crippen LogP contribution in [0.1, 0.15) is 35.6 Å². The monoisotopic (exact) mass is 313 g/mol. The van der Waals surface area contributed by atoms with E-state index in [-0.39, 0.29) is 6.04 Å². The first-order valence-electron chi connectivity index (χ1n) is 8.11. The van der Waals surface area contributed by atoms with Crippen molar-refractivity contribution in [2.45, 2.75) is 46.3 Å². The van der Waals surface area contributed by atoms with Gasteiger partial charge in [-0.1, -0.05) is 29.8 Å². The van der Waals surface area contributed by atoms with E-state index in [4.69, 9.17) is 15.2 Å². The lowest BCUT2D eigenvalue weighted by molar-refractivity contribution is 0.283. The Kier molecular flexibility index (Phi) is 6.05. The van der Waals surface area contributed by atoms with Gasteiger partial charge in [0.1, 0.15) is 6.61 Å². The van der Waals surface area contributed by atoms with Gasteiger partial charge in [0, 0.05) is 6.04 Å². The Bertz CT molecular complexity index is 650. The van der Waals surface area contributed by atoms with E-state index >= 15 is 0 Å². The lowest BCUT2D eigenvalue weighted by Gasteiger charge is -2.14. The largest absolute Gasteiger partial charge is 0.493 e. The van der Waals surface area contributed by atoms with Crippen molar-refractivity contribution in [2.24, 2.45) is 5.73 Å². The molecule has 2 rings (SSSR count). The molecule has 2 aromatic rings. The second kappa shape index (κ2) is 8.02. The smallest absolute Gasteiger partial charge is 0.161 e. The van der Waals surface area contributed by atoms with Crippen LogP contribution in [-0.4, -0.2) is 13.2 Å². The third kappa shape index (κ3) is 5.00. The average molecular weight is 313 g/mol. The van der Waals surface area contributed by atoms with Crippen molar-refractivity contribution in [1.29, 1.82) is 0 Å². The first-order chi connectivity index (χ1) is 11.0. The molecular formula is C20H27NO2. The average Bonchev–Trinajstić information content (AvgIpc) is 2.54. The molecule has 0 bridgehead atoms. The number of rotatable bonds is 7. The van der Waals surface area contributed by atoms with Gasteiger partial charge in [-0.05, 0) is 62.4 Å². The highest BCUT2D eigenvalue weighted by molar-refractivity contribution is 5.43. The molecule has 3 nitrogen and oxygen atoms in total. The number of aryl methyl sites for hydroxylation is 3. The predicted molar refractivity (Wildman–Crippen MR) is 95.2 cm³/mol. The van der Waals surface area contributed by atoms with Gasteiger partial charge in [0.15, 0.2) is 11.5 Å². The Morgan fingerprint density at radius 3 is 2.52 bits per heavy atom. The van der Waals surface area contributed by atoms with E-state index in [1.165, 1.54) is 22.3 Å². The van der Waals surface area contributed by atoms with Crippen LogP contribution in [0.2, 0.25) is 0 Å². The molecule has 3 heteroatoms. The lowest BCUT2D eigenvalue weighted by Crippen LogP contribution is -2.15. The summed E-state index contributed by atoms with van der Waals surface area (Å²) in [6, 6.07) is 12.7. The quantitative estimate of drug-likeness (QED) is 0.834. The standard InChI is InChI=1S/C20H27NO2/c1-14-5-6-15(2)18(11-14)13-23-19-10-9-17(8-7-16(3)21)12-20(19)22-4/h5-6,9-12,16H,7-8,13,21H2,1-4H3. The van der Waals surface area contributed by atoms with Crippen LogP contribution in [0, 0.1) is 13.8 Å². The number of nitrogens with two attached hydrogens (primary N) is 1. The van der Waals surface area contributed by atoms with Crippen molar-refractivity contribution in [3.8, 4) is 11.5 Å². The molecule has 0 saturated carbocycles. The van der Waals surface area contributed by atoms with Gasteiger partial charge in [-0.3, -0.25) is 0 Å². The van der Waals surface area contributed by atoms with Gasteiger partial charge in [-0.15, -0.1) is 0 Å². The summed E-state index contributed by atoms with van der Waals surface area (Å²) in [5.74, 6) is 1.55. The maximum Gasteiger partial charge on any atom is 0.161 e. The van der Waals surface area contributed by atoms with E-state index in [0.717, 1.165) is 24.3 Å². The molecule has 1 unspecified atom stereocenters. The number of hydrogen-bond acceptors (Lipinski definition) is 3. The van der Waals surface area contributed by atoms with Crippen molar-refractivity contribution in [2.75, 3.05) is 7.11 Å². The van der Waals surface area contributed by atoms with Crippen LogP contribution in [0.5, 0.6) is 11.5 Å². The molecule has 2 aromatic carbocycles. The maximum atomic E-state index is 5.98. The van der Waals surface area contributed by atoms with E-state index in [1.54, 1.807) is 7.11 Å². The van der Waals surface area contributed by atoms with Crippen LogP contribution in [0.3, 0.4) is 0 Å². The van der Waals surface area contributed by atoms with Crippen LogP contribution in [0.15, 0.2) is 36.4 Å². The fourth-order valence-electron chi connectivity index (χ4n) is 2.49. The number of hydrogen-bond donors (Lipinski definition) is 1. The minimum absolute atomic E-state index is 0.209. The topological polar surface area (TPSA) is 44.5 Å². The zero-order chi connectivity index (χ0) is 16.8. The van der Waals surface area contributed by atoms with Crippen LogP contribution in [0.25, 0.3) is 0 Å². The van der Waals surface area contributed by atoms with E-state index < -0.39 is 0 Å². The molecule has 0 aliphatic carbocycles. The Hall–Kier alpha value is -2.00. The lowest BCUT2D eigenvalue weighted by atomic mass is 10.1. The minimum atomic E-state index is 0.209. The van der Waals surface area contributed by atoms with E-state index in [9.17, 15) is 0 Å². The Morgan fingerprint density at radius 2 is 1.83 bits per heavy atom. The summed E-state index contributed by atoms with van der Waals surface area (Å²) in [6.07, 6.45) is 1.91. The predicted octanol–water partition coefficient (Wildman–Crippen LogP) is 4.17. The van der Waals surface area contributed by atoms with Crippen LogP contribution >= 0.6 is 0 Å². The first kappa shape index (κ1) is 17.4. The van der Waals surface area contributed by atoms with Crippen molar-refractivity contribution >= 4 is 0 Å². The summed E-state index contributed by atoms with van der Waals surface area (Å²) in [5, 5.41) is 0. The molecule has 0 aliphatic rings. The summed E-state index contributed by atoms with van der Waals surface area (Å²) in [4.78, 5) is 0. The summed E-state index contributed by atoms with van der Waals surface area (Å²) in [6.45, 7) is 6.77. The van der Waals surface area contributed by atoms with Gasteiger partial charge in [-0.2, -0.15) is 0 Å². The molecule has 0 radical (unpaired) electrons. The highest BCUT2D eigenvalue weighted by atomic mass is 16.5. The summed E-state index contributed by atoms with van der Waals surface area (Å²) in [5.41, 5.74) is 10.7. The number of ether oxygens (including phenoxy) is 2. The fourth-order valence-corrected chi connectivity index (χ4v) is 2.49. The van der Waals surface area contributed by atoms with Gasteiger partial charge in [0.05, 0.1) is 7.11 Å². The molecule has 0 heterocycles. The molecule has 0 spiro atoms. The molecule has 0 aliphatic heterocycles. The third-order valence-electron chi connectivity index (χ3n) is 4.00. The molecule has 2 N–H and O–H groups in total. The Morgan fingerprint density at radius 1 is 1.04 bits per heavy atom. The van der Waals surface area contributed by atoms with E-state index in [0.29, 0.717) is 6.61 Å². The van der Waals surface area contributed by atoms with Gasteiger partial charge < -0.3 is 15.2 Å². The highest BCUT2D eigenvalue weighted by Crippen LogP contribution is 2.29. The molecule has 1 atom stereocenters. The summed E-state index contributed by atoms with van der Waals surface area (Å²) < 4.78 is 11.5. The zero-order valence-electron chi connectivity index (χ0n) is 14.6. The normalized spacial score (nSPS) is 12.0. The molecule has 23 heavy (non-hydrogen) atoms. The Labute approximate surface area is 139 Å². The molecule has 0 amide bonds. The molecule has 0 fully saturated rings. The number of methoxy groups -OCH3 is 1. The second-order valence-electron chi connectivity index (χ2n) is 6.22. The molecule has 0 aromatic heterocycles. The Balaban J connectivity index is 2.08. The van der Waals surface area contributed by atoms with Gasteiger partial charge in [-0.25, -0.2) is 0 Å². The van der Waals surface area contributed by atoms with Crippen molar-refractivity contribution in [3.05, 3.63) is 58.7 Å². The van der Waals surface area contributed by atoms with Gasteiger partial charge in [0.2, 0.25) is 0 Å². The zero-order valence-corrected chi connectivity index (χ0v) is 14.6. The van der Waals surface area contributed by atoms with Crippen LogP contribution < -0.4 is 15.2 Å². The van der Waals surface area contributed by atoms with Crippen molar-refractivity contribution < 1.29 is 9.47 Å². The third-order valence-corrected chi connectivity index (χ3v) is 4.00. The molecule has 0 saturated heterocycles. The van der Waals surface area contributed by atoms with Gasteiger partial charge in [0.25, 0.3) is 0 Å². The summed E-state index contributed by atoms with van der Waals surface area (Å²) in [7, 11) is 1.68. The first-order valence-corrected chi connectivity index (χ1v) is 8.11. The SMILES string of the molecule is COc1cc(CCC(C)N)ccc1OCc1cc(C)ccc1C. The number of benzene rings is 2. The maximum absolute atomic E-state index is 5.98. The van der Waals surface area contributed by atoms with Crippen LogP contribution in [-0.2, 0) is 13.0 Å². The minimum Gasteiger partial charge on any atom is -0.493 e. The molecular weight excluding hydrogens is 286 g/mol. The fraction of sp³-hybridized carbons (Fsp3) is 0.400. The van der Waals surface area contributed by atoms with E-state index in [2.05, 4.69) is 38.1 Å². The van der Waals surface area contributed by atoms with E-state index in [1.807, 2.05) is 19.1 Å². The highest BCUT2D eigenvalue weighted by Gasteiger charge is 2.08. The molecule has 124 valence electrons. The van der Waals surface area contributed by atoms with Crippen LogP contribution in [0.4, 0.5) is 0 Å².